The number of pyridine rings is 2. The van der Waals surface area contributed by atoms with Crippen LogP contribution >= 0.6 is 11.3 Å². The van der Waals surface area contributed by atoms with E-state index in [2.05, 4.69) is 21.3 Å². The second-order valence-electron chi connectivity index (χ2n) is 11.5. The molecule has 4 heterocycles. The van der Waals surface area contributed by atoms with E-state index in [1.54, 1.807) is 24.4 Å². The number of fused-ring (bicyclic) bond motifs is 1. The van der Waals surface area contributed by atoms with E-state index in [-0.39, 0.29) is 36.4 Å². The minimum atomic E-state index is -0.495. The van der Waals surface area contributed by atoms with Crippen LogP contribution in [0.1, 0.15) is 43.2 Å². The number of carbonyl (C=O) groups is 2. The number of Topliss-reactive ketones (excluding diaryl/α,β-unsaturated/α-hetero) is 1. The smallest absolute Gasteiger partial charge is 0.223 e. The van der Waals surface area contributed by atoms with Crippen LogP contribution in [0.2, 0.25) is 0 Å². The fourth-order valence-electron chi connectivity index (χ4n) is 5.52. The number of ether oxygens (including phenoxy) is 1. The third-order valence-corrected chi connectivity index (χ3v) is 9.22. The van der Waals surface area contributed by atoms with E-state index in [1.165, 1.54) is 17.4 Å². The Morgan fingerprint density at radius 3 is 2.56 bits per heavy atom. The monoisotopic (exact) mass is 602 g/mol. The Kier molecular flexibility index (Phi) is 9.06. The molecule has 10 heteroatoms. The molecule has 1 saturated heterocycles. The van der Waals surface area contributed by atoms with Crippen molar-refractivity contribution in [2.45, 2.75) is 45.1 Å². The van der Waals surface area contributed by atoms with E-state index >= 15 is 0 Å². The van der Waals surface area contributed by atoms with Crippen LogP contribution in [0.4, 0.5) is 4.39 Å². The molecule has 0 atom stereocenters. The normalized spacial score (nSPS) is 16.0. The third kappa shape index (κ3) is 7.44. The van der Waals surface area contributed by atoms with E-state index in [0.717, 1.165) is 71.7 Å². The molecule has 1 saturated carbocycles. The molecule has 1 amide bonds. The zero-order valence-electron chi connectivity index (χ0n) is 23.9. The summed E-state index contributed by atoms with van der Waals surface area (Å²) in [6.07, 6.45) is 8.21. The SMILES string of the molecule is O=C(Cc1ccc(Oc2ccnc3cc(-c4ccc(CN5CCC(C(=O)NCCO)CC5)cn4)sc23)c(F)c1)CC1CC1. The first-order chi connectivity index (χ1) is 20.9. The van der Waals surface area contributed by atoms with Crippen molar-refractivity contribution in [2.24, 2.45) is 11.8 Å². The van der Waals surface area contributed by atoms with Crippen LogP contribution in [0.3, 0.4) is 0 Å². The van der Waals surface area contributed by atoms with Gasteiger partial charge in [-0.25, -0.2) is 4.39 Å². The highest BCUT2D eigenvalue weighted by atomic mass is 32.1. The number of aliphatic hydroxyl groups excluding tert-OH is 1. The highest BCUT2D eigenvalue weighted by Crippen LogP contribution is 2.39. The van der Waals surface area contributed by atoms with Crippen molar-refractivity contribution in [3.05, 3.63) is 71.8 Å². The van der Waals surface area contributed by atoms with Crippen molar-refractivity contribution in [3.8, 4) is 22.1 Å². The number of thiophene rings is 1. The van der Waals surface area contributed by atoms with Crippen LogP contribution in [0, 0.1) is 17.7 Å². The van der Waals surface area contributed by atoms with Gasteiger partial charge in [-0.05, 0) is 80.1 Å². The molecule has 2 N–H and O–H groups in total. The molecule has 2 aliphatic rings. The minimum absolute atomic E-state index is 0.00173. The Hall–Kier alpha value is -3.73. The molecule has 1 aromatic carbocycles. The number of rotatable bonds is 12. The first-order valence-corrected chi connectivity index (χ1v) is 15.7. The highest BCUT2D eigenvalue weighted by molar-refractivity contribution is 7.22. The lowest BCUT2D eigenvalue weighted by Crippen LogP contribution is -2.40. The number of aromatic nitrogens is 2. The van der Waals surface area contributed by atoms with Crippen molar-refractivity contribution >= 4 is 33.2 Å². The van der Waals surface area contributed by atoms with Gasteiger partial charge in [-0.15, -0.1) is 11.3 Å². The van der Waals surface area contributed by atoms with Gasteiger partial charge in [0.25, 0.3) is 0 Å². The maximum Gasteiger partial charge on any atom is 0.223 e. The van der Waals surface area contributed by atoms with Crippen LogP contribution in [0.25, 0.3) is 20.8 Å². The Balaban J connectivity index is 1.08. The summed E-state index contributed by atoms with van der Waals surface area (Å²) in [6, 6.07) is 12.5. The van der Waals surface area contributed by atoms with Crippen molar-refractivity contribution in [1.29, 1.82) is 0 Å². The van der Waals surface area contributed by atoms with E-state index < -0.39 is 5.82 Å². The number of nitrogens with zero attached hydrogens (tertiary/aromatic N) is 3. The number of piperidine rings is 1. The van der Waals surface area contributed by atoms with Crippen LogP contribution in [-0.2, 0) is 22.6 Å². The van der Waals surface area contributed by atoms with Crippen LogP contribution < -0.4 is 10.1 Å². The van der Waals surface area contributed by atoms with E-state index in [4.69, 9.17) is 14.8 Å². The lowest BCUT2D eigenvalue weighted by molar-refractivity contribution is -0.126. The maximum atomic E-state index is 14.9. The number of aliphatic hydroxyl groups is 1. The summed E-state index contributed by atoms with van der Waals surface area (Å²) in [5.41, 5.74) is 3.33. The van der Waals surface area contributed by atoms with Gasteiger partial charge in [-0.1, -0.05) is 12.1 Å². The summed E-state index contributed by atoms with van der Waals surface area (Å²) >= 11 is 1.49. The molecule has 8 nitrogen and oxygen atoms in total. The molecular formula is C33H35FN4O4S. The van der Waals surface area contributed by atoms with Gasteiger partial charge in [-0.2, -0.15) is 0 Å². The number of hydrogen-bond donors (Lipinski definition) is 2. The van der Waals surface area contributed by atoms with Crippen molar-refractivity contribution in [3.63, 3.8) is 0 Å². The Morgan fingerprint density at radius 2 is 1.84 bits per heavy atom. The van der Waals surface area contributed by atoms with E-state index in [9.17, 15) is 14.0 Å². The average molecular weight is 603 g/mol. The maximum absolute atomic E-state index is 14.9. The molecule has 4 aromatic rings. The van der Waals surface area contributed by atoms with Crippen molar-refractivity contribution in [2.75, 3.05) is 26.2 Å². The Labute approximate surface area is 253 Å². The zero-order chi connectivity index (χ0) is 29.8. The van der Waals surface area contributed by atoms with E-state index in [0.29, 0.717) is 30.2 Å². The summed E-state index contributed by atoms with van der Waals surface area (Å²) in [4.78, 5) is 36.8. The largest absolute Gasteiger partial charge is 0.453 e. The van der Waals surface area contributed by atoms with Gasteiger partial charge >= 0.3 is 0 Å². The molecule has 2 fully saturated rings. The third-order valence-electron chi connectivity index (χ3n) is 8.06. The van der Waals surface area contributed by atoms with Crippen LogP contribution in [-0.4, -0.2) is 57.9 Å². The molecule has 1 aliphatic carbocycles. The quantitative estimate of drug-likeness (QED) is 0.220. The molecule has 0 spiro atoms. The van der Waals surface area contributed by atoms with Crippen LogP contribution in [0.15, 0.2) is 54.9 Å². The van der Waals surface area contributed by atoms with Gasteiger partial charge in [0.2, 0.25) is 5.91 Å². The van der Waals surface area contributed by atoms with Gasteiger partial charge in [0.05, 0.1) is 27.4 Å². The summed E-state index contributed by atoms with van der Waals surface area (Å²) in [6.45, 7) is 2.71. The second kappa shape index (κ2) is 13.3. The molecule has 1 aliphatic heterocycles. The Morgan fingerprint density at radius 1 is 1.02 bits per heavy atom. The molecular weight excluding hydrogens is 567 g/mol. The van der Waals surface area contributed by atoms with Gasteiger partial charge in [0.1, 0.15) is 11.5 Å². The second-order valence-corrected chi connectivity index (χ2v) is 12.5. The molecule has 224 valence electrons. The predicted molar refractivity (Wildman–Crippen MR) is 163 cm³/mol. The molecule has 0 bridgehead atoms. The van der Waals surface area contributed by atoms with Gasteiger partial charge < -0.3 is 15.2 Å². The first-order valence-electron chi connectivity index (χ1n) is 14.9. The standard InChI is InChI=1S/C33H35FN4O4S/c34-26-17-22(16-25(40)15-21-1-2-21)4-6-29(26)42-30-7-10-35-28-18-31(43-32(28)30)27-5-3-23(19-37-27)20-38-12-8-24(9-13-38)33(41)36-11-14-39/h3-7,10,17-19,21,24,39H,1-2,8-9,11-16,20H2,(H,36,41). The number of benzene rings is 1. The molecule has 6 rings (SSSR count). The molecule has 43 heavy (non-hydrogen) atoms. The number of halogens is 1. The number of carbonyl (C=O) groups excluding carboxylic acids is 2. The average Bonchev–Trinajstić information content (AvgIpc) is 3.71. The topological polar surface area (TPSA) is 105 Å². The number of ketones is 1. The van der Waals surface area contributed by atoms with Gasteiger partial charge in [0, 0.05) is 50.3 Å². The lowest BCUT2D eigenvalue weighted by Gasteiger charge is -2.31. The minimum Gasteiger partial charge on any atom is -0.453 e. The lowest BCUT2D eigenvalue weighted by atomic mass is 9.95. The molecule has 0 radical (unpaired) electrons. The van der Waals surface area contributed by atoms with Crippen LogP contribution in [0.5, 0.6) is 11.5 Å². The van der Waals surface area contributed by atoms with Crippen molar-refractivity contribution in [1.82, 2.24) is 20.2 Å². The predicted octanol–water partition coefficient (Wildman–Crippen LogP) is 5.52. The van der Waals surface area contributed by atoms with Gasteiger partial charge in [-0.3, -0.25) is 24.5 Å². The van der Waals surface area contributed by atoms with Crippen molar-refractivity contribution < 1.29 is 23.8 Å². The Bertz CT molecular complexity index is 1600. The number of likely N-dealkylation sites (tertiary alicyclic amines) is 1. The zero-order valence-corrected chi connectivity index (χ0v) is 24.7. The summed E-state index contributed by atoms with van der Waals surface area (Å²) in [5, 5.41) is 11.7. The summed E-state index contributed by atoms with van der Waals surface area (Å²) < 4.78 is 21.8. The highest BCUT2D eigenvalue weighted by Gasteiger charge is 2.25. The fourth-order valence-corrected chi connectivity index (χ4v) is 6.56. The van der Waals surface area contributed by atoms with Gasteiger partial charge in [0.15, 0.2) is 11.6 Å². The fraction of sp³-hybridized carbons (Fsp3) is 0.394. The molecule has 3 aromatic heterocycles. The molecule has 0 unspecified atom stereocenters. The number of hydrogen-bond acceptors (Lipinski definition) is 8. The summed E-state index contributed by atoms with van der Waals surface area (Å²) in [7, 11) is 0. The summed E-state index contributed by atoms with van der Waals surface area (Å²) in [5.74, 6) is 0.835. The van der Waals surface area contributed by atoms with E-state index in [1.807, 2.05) is 18.3 Å². The first kappa shape index (κ1) is 29.3. The number of amides is 1. The number of nitrogens with one attached hydrogen (secondary N) is 1.